The van der Waals surface area contributed by atoms with E-state index in [1.54, 1.807) is 37.6 Å². The summed E-state index contributed by atoms with van der Waals surface area (Å²) in [5.41, 5.74) is 2.33. The van der Waals surface area contributed by atoms with Crippen LogP contribution in [-0.2, 0) is 0 Å². The fraction of sp³-hybridized carbons (Fsp3) is 0.238. The van der Waals surface area contributed by atoms with Crippen LogP contribution < -0.4 is 15.0 Å². The molecular weight excluding hydrogens is 399 g/mol. The van der Waals surface area contributed by atoms with Crippen molar-refractivity contribution in [2.75, 3.05) is 7.11 Å². The summed E-state index contributed by atoms with van der Waals surface area (Å²) in [7, 11) is 1.54. The normalized spacial score (nSPS) is 11.9. The SMILES string of the molecule is COc1cc(/C=C(\Cl)c2cc(=O)n3cccc(C)c3n2)cc(Cl)c1OC(C)C. The van der Waals surface area contributed by atoms with Gasteiger partial charge in [0.05, 0.1) is 29.0 Å². The molecular formula is C21H20Cl2N2O3. The van der Waals surface area contributed by atoms with E-state index in [-0.39, 0.29) is 11.7 Å². The fourth-order valence-electron chi connectivity index (χ4n) is 2.78. The van der Waals surface area contributed by atoms with Crippen molar-refractivity contribution in [3.8, 4) is 11.5 Å². The first kappa shape index (κ1) is 20.2. The molecule has 0 atom stereocenters. The molecule has 3 aromatic rings. The molecule has 0 amide bonds. The van der Waals surface area contributed by atoms with Gasteiger partial charge in [-0.15, -0.1) is 0 Å². The average molecular weight is 419 g/mol. The molecule has 1 aromatic carbocycles. The van der Waals surface area contributed by atoms with Crippen molar-refractivity contribution in [1.29, 1.82) is 0 Å². The van der Waals surface area contributed by atoms with Gasteiger partial charge in [-0.1, -0.05) is 29.3 Å². The number of aryl methyl sites for hydroxylation is 1. The number of ether oxygens (including phenoxy) is 2. The molecule has 0 aliphatic heterocycles. The molecule has 2 heterocycles. The van der Waals surface area contributed by atoms with Gasteiger partial charge in [0.25, 0.3) is 5.56 Å². The van der Waals surface area contributed by atoms with E-state index >= 15 is 0 Å². The van der Waals surface area contributed by atoms with Crippen LogP contribution in [0.15, 0.2) is 41.3 Å². The molecule has 146 valence electrons. The van der Waals surface area contributed by atoms with Gasteiger partial charge in [0.15, 0.2) is 11.5 Å². The minimum Gasteiger partial charge on any atom is -0.493 e. The second kappa shape index (κ2) is 8.25. The highest BCUT2D eigenvalue weighted by Gasteiger charge is 2.14. The second-order valence-corrected chi connectivity index (χ2v) is 7.37. The number of nitrogens with zero attached hydrogens (tertiary/aromatic N) is 2. The predicted octanol–water partition coefficient (Wildman–Crippen LogP) is 5.19. The Morgan fingerprint density at radius 1 is 1.29 bits per heavy atom. The van der Waals surface area contributed by atoms with Crippen molar-refractivity contribution in [2.24, 2.45) is 0 Å². The highest BCUT2D eigenvalue weighted by Crippen LogP contribution is 2.38. The molecule has 0 unspecified atom stereocenters. The minimum atomic E-state index is -0.202. The summed E-state index contributed by atoms with van der Waals surface area (Å²) >= 11 is 12.8. The highest BCUT2D eigenvalue weighted by molar-refractivity contribution is 6.51. The summed E-state index contributed by atoms with van der Waals surface area (Å²) in [5.74, 6) is 0.976. The summed E-state index contributed by atoms with van der Waals surface area (Å²) in [6, 6.07) is 8.59. The van der Waals surface area contributed by atoms with Gasteiger partial charge in [0, 0.05) is 12.3 Å². The van der Waals surface area contributed by atoms with E-state index < -0.39 is 0 Å². The molecule has 28 heavy (non-hydrogen) atoms. The third-order valence-corrected chi connectivity index (χ3v) is 4.61. The van der Waals surface area contributed by atoms with Gasteiger partial charge in [0.2, 0.25) is 0 Å². The molecule has 0 saturated heterocycles. The Morgan fingerprint density at radius 2 is 2.04 bits per heavy atom. The number of methoxy groups -OCH3 is 1. The number of hydrogen-bond donors (Lipinski definition) is 0. The van der Waals surface area contributed by atoms with E-state index in [1.165, 1.54) is 10.5 Å². The summed E-state index contributed by atoms with van der Waals surface area (Å²) < 4.78 is 12.6. The van der Waals surface area contributed by atoms with E-state index in [0.717, 1.165) is 5.56 Å². The summed E-state index contributed by atoms with van der Waals surface area (Å²) in [5, 5.41) is 0.727. The Hall–Kier alpha value is -2.50. The lowest BCUT2D eigenvalue weighted by atomic mass is 10.1. The minimum absolute atomic E-state index is 0.0469. The maximum Gasteiger partial charge on any atom is 0.258 e. The molecule has 0 aliphatic rings. The van der Waals surface area contributed by atoms with E-state index in [9.17, 15) is 4.79 Å². The van der Waals surface area contributed by atoms with E-state index in [4.69, 9.17) is 32.7 Å². The van der Waals surface area contributed by atoms with Gasteiger partial charge in [-0.05, 0) is 56.2 Å². The van der Waals surface area contributed by atoms with Crippen molar-refractivity contribution in [2.45, 2.75) is 26.9 Å². The molecule has 0 spiro atoms. The topological polar surface area (TPSA) is 52.8 Å². The first-order valence-corrected chi connectivity index (χ1v) is 9.46. The second-order valence-electron chi connectivity index (χ2n) is 6.56. The molecule has 0 N–H and O–H groups in total. The first-order valence-electron chi connectivity index (χ1n) is 8.71. The number of benzene rings is 1. The predicted molar refractivity (Wildman–Crippen MR) is 114 cm³/mol. The lowest BCUT2D eigenvalue weighted by Crippen LogP contribution is -2.15. The van der Waals surface area contributed by atoms with E-state index in [0.29, 0.717) is 38.5 Å². The van der Waals surface area contributed by atoms with Crippen LogP contribution in [0.3, 0.4) is 0 Å². The third-order valence-electron chi connectivity index (χ3n) is 4.03. The van der Waals surface area contributed by atoms with Crippen LogP contribution in [0.2, 0.25) is 5.02 Å². The maximum absolute atomic E-state index is 12.4. The van der Waals surface area contributed by atoms with E-state index in [2.05, 4.69) is 4.98 Å². The third kappa shape index (κ3) is 4.16. The molecule has 0 radical (unpaired) electrons. The Kier molecular flexibility index (Phi) is 5.96. The van der Waals surface area contributed by atoms with Gasteiger partial charge in [-0.25, -0.2) is 4.98 Å². The van der Waals surface area contributed by atoms with Crippen LogP contribution in [0.1, 0.15) is 30.7 Å². The number of halogens is 2. The molecule has 0 fully saturated rings. The van der Waals surface area contributed by atoms with Crippen molar-refractivity contribution in [3.05, 3.63) is 68.7 Å². The molecule has 0 saturated carbocycles. The Labute approximate surface area is 173 Å². The summed E-state index contributed by atoms with van der Waals surface area (Å²) in [6.45, 7) is 5.71. The van der Waals surface area contributed by atoms with Gasteiger partial charge in [0.1, 0.15) is 5.65 Å². The van der Waals surface area contributed by atoms with Crippen molar-refractivity contribution in [3.63, 3.8) is 0 Å². The van der Waals surface area contributed by atoms with E-state index in [1.807, 2.05) is 26.8 Å². The van der Waals surface area contributed by atoms with Crippen LogP contribution in [0.5, 0.6) is 11.5 Å². The molecule has 0 bridgehead atoms. The van der Waals surface area contributed by atoms with Crippen LogP contribution in [0.25, 0.3) is 16.8 Å². The molecule has 2 aromatic heterocycles. The number of hydrogen-bond acceptors (Lipinski definition) is 4. The van der Waals surface area contributed by atoms with Gasteiger partial charge in [-0.2, -0.15) is 0 Å². The standard InChI is InChI=1S/C21H20Cl2N2O3/c1-12(2)28-20-16(23)9-14(10-18(20)27-4)8-15(22)17-11-19(26)25-7-5-6-13(3)21(25)24-17/h5-12H,1-4H3/b15-8-. The van der Waals surface area contributed by atoms with Crippen molar-refractivity contribution < 1.29 is 9.47 Å². The lowest BCUT2D eigenvalue weighted by molar-refractivity contribution is 0.230. The van der Waals surface area contributed by atoms with Crippen molar-refractivity contribution >= 4 is 40.0 Å². The Morgan fingerprint density at radius 3 is 2.71 bits per heavy atom. The zero-order chi connectivity index (χ0) is 20.4. The number of pyridine rings is 1. The average Bonchev–Trinajstić information content (AvgIpc) is 2.64. The Bertz CT molecular complexity index is 1120. The molecule has 0 aliphatic carbocycles. The van der Waals surface area contributed by atoms with Gasteiger partial charge >= 0.3 is 0 Å². The summed E-state index contributed by atoms with van der Waals surface area (Å²) in [6.07, 6.45) is 3.32. The largest absolute Gasteiger partial charge is 0.493 e. The zero-order valence-electron chi connectivity index (χ0n) is 16.0. The fourth-order valence-corrected chi connectivity index (χ4v) is 3.26. The molecule has 7 heteroatoms. The molecule has 3 rings (SSSR count). The van der Waals surface area contributed by atoms with Gasteiger partial charge in [-0.3, -0.25) is 9.20 Å². The maximum atomic E-state index is 12.4. The quantitative estimate of drug-likeness (QED) is 0.571. The zero-order valence-corrected chi connectivity index (χ0v) is 17.5. The van der Waals surface area contributed by atoms with Crippen LogP contribution >= 0.6 is 23.2 Å². The lowest BCUT2D eigenvalue weighted by Gasteiger charge is -2.15. The highest BCUT2D eigenvalue weighted by atomic mass is 35.5. The van der Waals surface area contributed by atoms with Crippen molar-refractivity contribution in [1.82, 2.24) is 9.38 Å². The Balaban J connectivity index is 2.07. The number of rotatable bonds is 5. The monoisotopic (exact) mass is 418 g/mol. The molecule has 5 nitrogen and oxygen atoms in total. The van der Waals surface area contributed by atoms with Crippen LogP contribution in [-0.4, -0.2) is 22.6 Å². The van der Waals surface area contributed by atoms with Gasteiger partial charge < -0.3 is 9.47 Å². The number of aromatic nitrogens is 2. The number of fused-ring (bicyclic) bond motifs is 1. The first-order chi connectivity index (χ1) is 13.3. The smallest absolute Gasteiger partial charge is 0.258 e. The van der Waals surface area contributed by atoms with Crippen LogP contribution in [0.4, 0.5) is 0 Å². The summed E-state index contributed by atoms with van der Waals surface area (Å²) in [4.78, 5) is 16.9. The van der Waals surface area contributed by atoms with Crippen LogP contribution in [0, 0.1) is 6.92 Å².